The lowest BCUT2D eigenvalue weighted by molar-refractivity contribution is -0.141. The molecule has 0 saturated carbocycles. The van der Waals surface area contributed by atoms with Crippen LogP contribution >= 0.6 is 0 Å². The van der Waals surface area contributed by atoms with Gasteiger partial charge in [-0.25, -0.2) is 0 Å². The summed E-state index contributed by atoms with van der Waals surface area (Å²) in [5, 5.41) is 8.50. The number of halogens is 3. The second-order valence-electron chi connectivity index (χ2n) is 5.10. The molecule has 0 aliphatic carbocycles. The van der Waals surface area contributed by atoms with Gasteiger partial charge < -0.3 is 10.1 Å². The Kier molecular flexibility index (Phi) is 4.55. The predicted octanol–water partition coefficient (Wildman–Crippen LogP) is 2.79. The summed E-state index contributed by atoms with van der Waals surface area (Å²) in [4.78, 5) is 16.0. The summed E-state index contributed by atoms with van der Waals surface area (Å²) in [6, 6.07) is 9.83. The number of benzene rings is 1. The molecule has 3 aromatic rings. The minimum atomic E-state index is -4.57. The quantitative estimate of drug-likeness (QED) is 0.694. The third kappa shape index (κ3) is 3.87. The topological polar surface area (TPSA) is 79.9 Å². The fraction of sp³-hybridized carbons (Fsp3) is 0.188. The van der Waals surface area contributed by atoms with Gasteiger partial charge in [0.1, 0.15) is 23.6 Å². The van der Waals surface area contributed by atoms with E-state index < -0.39 is 17.8 Å². The van der Waals surface area contributed by atoms with Crippen molar-refractivity contribution in [2.75, 3.05) is 13.2 Å². The first-order chi connectivity index (χ1) is 11.9. The second-order valence-corrected chi connectivity index (χ2v) is 5.10. The number of hydrogen-bond acceptors (Lipinski definition) is 4. The smallest absolute Gasteiger partial charge is 0.432 e. The van der Waals surface area contributed by atoms with Crippen molar-refractivity contribution in [1.29, 1.82) is 0 Å². The standard InChI is InChI=1S/C16H13F3N4O2/c17-16(18,19)13-9-11(22-23-13)15(24)21-7-8-25-12-5-1-3-10-4-2-6-20-14(10)12/h1-6,9H,7-8H2,(H,21,24)(H,22,23). The van der Waals surface area contributed by atoms with Crippen LogP contribution in [-0.2, 0) is 6.18 Å². The highest BCUT2D eigenvalue weighted by molar-refractivity contribution is 5.92. The van der Waals surface area contributed by atoms with Gasteiger partial charge in [0.25, 0.3) is 5.91 Å². The van der Waals surface area contributed by atoms with E-state index in [-0.39, 0.29) is 18.8 Å². The van der Waals surface area contributed by atoms with E-state index in [2.05, 4.69) is 15.4 Å². The molecule has 2 heterocycles. The highest BCUT2D eigenvalue weighted by Crippen LogP contribution is 2.27. The van der Waals surface area contributed by atoms with E-state index in [1.807, 2.05) is 24.3 Å². The van der Waals surface area contributed by atoms with E-state index in [0.717, 1.165) is 5.39 Å². The number of carbonyl (C=O) groups excluding carboxylic acids is 1. The molecule has 0 aliphatic rings. The molecule has 0 fully saturated rings. The average Bonchev–Trinajstić information content (AvgIpc) is 3.09. The van der Waals surface area contributed by atoms with Gasteiger partial charge in [-0.05, 0) is 12.1 Å². The Hall–Kier alpha value is -3.10. The van der Waals surface area contributed by atoms with Gasteiger partial charge >= 0.3 is 6.18 Å². The molecule has 0 bridgehead atoms. The number of aromatic nitrogens is 3. The number of pyridine rings is 1. The fourth-order valence-corrected chi connectivity index (χ4v) is 2.19. The highest BCUT2D eigenvalue weighted by atomic mass is 19.4. The molecule has 3 rings (SSSR count). The summed E-state index contributed by atoms with van der Waals surface area (Å²) < 4.78 is 43.0. The monoisotopic (exact) mass is 350 g/mol. The van der Waals surface area contributed by atoms with E-state index in [0.29, 0.717) is 17.3 Å². The molecule has 0 radical (unpaired) electrons. The molecule has 130 valence electrons. The molecular weight excluding hydrogens is 337 g/mol. The zero-order valence-corrected chi connectivity index (χ0v) is 12.8. The van der Waals surface area contributed by atoms with Crippen LogP contribution in [0, 0.1) is 0 Å². The maximum absolute atomic E-state index is 12.5. The van der Waals surface area contributed by atoms with Crippen molar-refractivity contribution in [2.45, 2.75) is 6.18 Å². The van der Waals surface area contributed by atoms with Crippen molar-refractivity contribution >= 4 is 16.8 Å². The van der Waals surface area contributed by atoms with Gasteiger partial charge in [0, 0.05) is 17.6 Å². The number of nitrogens with one attached hydrogen (secondary N) is 2. The lowest BCUT2D eigenvalue weighted by atomic mass is 10.2. The normalized spacial score (nSPS) is 11.5. The summed E-state index contributed by atoms with van der Waals surface area (Å²) in [6.45, 7) is 0.244. The Morgan fingerprint density at radius 3 is 2.80 bits per heavy atom. The maximum atomic E-state index is 12.5. The predicted molar refractivity (Wildman–Crippen MR) is 83.2 cm³/mol. The Morgan fingerprint density at radius 1 is 1.24 bits per heavy atom. The van der Waals surface area contributed by atoms with Gasteiger partial charge in [-0.2, -0.15) is 18.3 Å². The van der Waals surface area contributed by atoms with Crippen molar-refractivity contribution in [2.24, 2.45) is 0 Å². The number of H-pyrrole nitrogens is 1. The Morgan fingerprint density at radius 2 is 2.04 bits per heavy atom. The van der Waals surface area contributed by atoms with Crippen LogP contribution in [0.1, 0.15) is 16.2 Å². The van der Waals surface area contributed by atoms with E-state index in [4.69, 9.17) is 4.74 Å². The largest absolute Gasteiger partial charge is 0.489 e. The molecule has 0 saturated heterocycles. The number of nitrogens with zero attached hydrogens (tertiary/aromatic N) is 2. The van der Waals surface area contributed by atoms with Gasteiger partial charge in [0.2, 0.25) is 0 Å². The number of ether oxygens (including phenoxy) is 1. The zero-order chi connectivity index (χ0) is 17.9. The zero-order valence-electron chi connectivity index (χ0n) is 12.8. The summed E-state index contributed by atoms with van der Waals surface area (Å²) in [6.07, 6.45) is -2.93. The number of fused-ring (bicyclic) bond motifs is 1. The van der Waals surface area contributed by atoms with Crippen LogP contribution in [0.25, 0.3) is 10.9 Å². The molecule has 1 amide bonds. The van der Waals surface area contributed by atoms with Crippen LogP contribution in [0.5, 0.6) is 5.75 Å². The Balaban J connectivity index is 1.54. The maximum Gasteiger partial charge on any atom is 0.432 e. The molecular formula is C16H13F3N4O2. The van der Waals surface area contributed by atoms with E-state index in [9.17, 15) is 18.0 Å². The van der Waals surface area contributed by atoms with Crippen molar-refractivity contribution in [3.63, 3.8) is 0 Å². The molecule has 25 heavy (non-hydrogen) atoms. The molecule has 6 nitrogen and oxygen atoms in total. The summed E-state index contributed by atoms with van der Waals surface area (Å²) in [7, 11) is 0. The number of carbonyl (C=O) groups is 1. The minimum absolute atomic E-state index is 0.107. The van der Waals surface area contributed by atoms with Crippen molar-refractivity contribution in [1.82, 2.24) is 20.5 Å². The first-order valence-electron chi connectivity index (χ1n) is 7.32. The number of rotatable bonds is 5. The van der Waals surface area contributed by atoms with Crippen LogP contribution in [0.2, 0.25) is 0 Å². The van der Waals surface area contributed by atoms with Crippen molar-refractivity contribution < 1.29 is 22.7 Å². The van der Waals surface area contributed by atoms with Gasteiger partial charge in [0.05, 0.1) is 6.54 Å². The second kappa shape index (κ2) is 6.80. The van der Waals surface area contributed by atoms with Crippen LogP contribution in [-0.4, -0.2) is 34.2 Å². The molecule has 2 N–H and O–H groups in total. The number of para-hydroxylation sites is 1. The summed E-state index contributed by atoms with van der Waals surface area (Å²) in [5.74, 6) is -0.155. The molecule has 0 atom stereocenters. The van der Waals surface area contributed by atoms with Crippen LogP contribution < -0.4 is 10.1 Å². The van der Waals surface area contributed by atoms with Crippen LogP contribution in [0.3, 0.4) is 0 Å². The SMILES string of the molecule is O=C(NCCOc1cccc2cccnc12)c1cc(C(F)(F)F)[nH]n1. The van der Waals surface area contributed by atoms with Gasteiger partial charge in [-0.1, -0.05) is 18.2 Å². The first-order valence-corrected chi connectivity index (χ1v) is 7.32. The van der Waals surface area contributed by atoms with Crippen molar-refractivity contribution in [3.05, 3.63) is 54.0 Å². The number of aromatic amines is 1. The van der Waals surface area contributed by atoms with Crippen molar-refractivity contribution in [3.8, 4) is 5.75 Å². The molecule has 2 aromatic heterocycles. The molecule has 0 spiro atoms. The Bertz CT molecular complexity index is 887. The number of alkyl halides is 3. The number of amides is 1. The summed E-state index contributed by atoms with van der Waals surface area (Å²) in [5.41, 5.74) is -0.715. The van der Waals surface area contributed by atoms with E-state index in [1.165, 1.54) is 0 Å². The average molecular weight is 350 g/mol. The first kappa shape index (κ1) is 16.7. The number of hydrogen-bond donors (Lipinski definition) is 2. The van der Waals surface area contributed by atoms with Gasteiger partial charge in [0.15, 0.2) is 5.69 Å². The Labute approximate surface area is 140 Å². The molecule has 0 unspecified atom stereocenters. The van der Waals surface area contributed by atoms with E-state index >= 15 is 0 Å². The minimum Gasteiger partial charge on any atom is -0.489 e. The third-order valence-electron chi connectivity index (χ3n) is 3.36. The third-order valence-corrected chi connectivity index (χ3v) is 3.36. The van der Waals surface area contributed by atoms with Crippen LogP contribution in [0.15, 0.2) is 42.6 Å². The molecule has 9 heteroatoms. The summed E-state index contributed by atoms with van der Waals surface area (Å²) >= 11 is 0. The lowest BCUT2D eigenvalue weighted by Crippen LogP contribution is -2.28. The van der Waals surface area contributed by atoms with E-state index in [1.54, 1.807) is 17.4 Å². The fourth-order valence-electron chi connectivity index (χ4n) is 2.19. The van der Waals surface area contributed by atoms with Crippen LogP contribution in [0.4, 0.5) is 13.2 Å². The lowest BCUT2D eigenvalue weighted by Gasteiger charge is -2.09. The highest BCUT2D eigenvalue weighted by Gasteiger charge is 2.33. The molecule has 0 aliphatic heterocycles. The van der Waals surface area contributed by atoms with Gasteiger partial charge in [-0.15, -0.1) is 0 Å². The molecule has 1 aromatic carbocycles. The van der Waals surface area contributed by atoms with Gasteiger partial charge in [-0.3, -0.25) is 14.9 Å².